The van der Waals surface area contributed by atoms with Crippen LogP contribution >= 0.6 is 0 Å². The Hall–Kier alpha value is -3.19. The third-order valence-electron chi connectivity index (χ3n) is 7.36. The number of aliphatic hydroxyl groups is 1. The topological polar surface area (TPSA) is 102 Å². The summed E-state index contributed by atoms with van der Waals surface area (Å²) in [5.41, 5.74) is 9.15. The summed E-state index contributed by atoms with van der Waals surface area (Å²) in [7, 11) is 0. The van der Waals surface area contributed by atoms with Gasteiger partial charge in [-0.3, -0.25) is 0 Å². The monoisotopic (exact) mass is 442 g/mol. The molecule has 0 amide bonds. The van der Waals surface area contributed by atoms with Crippen LogP contribution in [0.1, 0.15) is 43.7 Å². The van der Waals surface area contributed by atoms with Crippen LogP contribution in [-0.4, -0.2) is 37.3 Å². The van der Waals surface area contributed by atoms with Crippen molar-refractivity contribution < 1.29 is 5.11 Å². The smallest absolute Gasteiger partial charge is 0.145 e. The molecule has 4 N–H and O–H groups in total. The number of nitrogens with two attached hydrogens (primary N) is 1. The molecule has 2 saturated carbocycles. The second-order valence-electron chi connectivity index (χ2n) is 9.78. The van der Waals surface area contributed by atoms with Crippen molar-refractivity contribution in [2.45, 2.75) is 50.7 Å². The first-order valence-electron chi connectivity index (χ1n) is 12.0. The molecule has 0 bridgehead atoms. The van der Waals surface area contributed by atoms with Gasteiger partial charge in [-0.2, -0.15) is 0 Å². The number of hydrogen-bond donors (Lipinski definition) is 3. The first-order chi connectivity index (χ1) is 16.1. The third-order valence-corrected chi connectivity index (χ3v) is 7.36. The summed E-state index contributed by atoms with van der Waals surface area (Å²) in [4.78, 5) is 13.3. The highest BCUT2D eigenvalue weighted by Gasteiger charge is 2.34. The predicted octanol–water partition coefficient (Wildman–Crippen LogP) is 4.33. The van der Waals surface area contributed by atoms with Gasteiger partial charge in [-0.15, -0.1) is 0 Å². The van der Waals surface area contributed by atoms with Crippen LogP contribution in [0, 0.1) is 11.8 Å². The average Bonchev–Trinajstić information content (AvgIpc) is 3.44. The van der Waals surface area contributed by atoms with Gasteiger partial charge in [-0.25, -0.2) is 15.0 Å². The molecule has 0 saturated heterocycles. The van der Waals surface area contributed by atoms with Crippen LogP contribution in [0.4, 0.5) is 11.6 Å². The quantitative estimate of drug-likeness (QED) is 0.394. The number of rotatable bonds is 7. The zero-order valence-electron chi connectivity index (χ0n) is 18.7. The van der Waals surface area contributed by atoms with E-state index in [4.69, 9.17) is 10.7 Å². The lowest BCUT2D eigenvalue weighted by molar-refractivity contribution is 0.136. The summed E-state index contributed by atoms with van der Waals surface area (Å²) in [6.45, 7) is 1.03. The molecule has 7 nitrogen and oxygen atoms in total. The van der Waals surface area contributed by atoms with E-state index < -0.39 is 0 Å². The third kappa shape index (κ3) is 4.13. The lowest BCUT2D eigenvalue weighted by Gasteiger charge is -2.17. The highest BCUT2D eigenvalue weighted by atomic mass is 16.3. The fourth-order valence-corrected chi connectivity index (χ4v) is 5.24. The molecular weight excluding hydrogens is 412 g/mol. The van der Waals surface area contributed by atoms with E-state index in [1.54, 1.807) is 0 Å². The molecule has 3 atom stereocenters. The van der Waals surface area contributed by atoms with Gasteiger partial charge in [0, 0.05) is 18.1 Å². The van der Waals surface area contributed by atoms with Crippen LogP contribution < -0.4 is 11.1 Å². The minimum absolute atomic E-state index is 0.0279. The first kappa shape index (κ1) is 20.4. The Bertz CT molecular complexity index is 1300. The van der Waals surface area contributed by atoms with E-state index in [2.05, 4.69) is 50.2 Å². The van der Waals surface area contributed by atoms with Crippen molar-refractivity contribution in [3.63, 3.8) is 0 Å². The molecule has 2 unspecified atom stereocenters. The molecule has 7 heteroatoms. The van der Waals surface area contributed by atoms with Crippen LogP contribution in [0.2, 0.25) is 0 Å². The second-order valence-corrected chi connectivity index (χ2v) is 9.78. The van der Waals surface area contributed by atoms with Gasteiger partial charge < -0.3 is 20.7 Å². The highest BCUT2D eigenvalue weighted by Crippen LogP contribution is 2.39. The standard InChI is InChI=1S/C26H30N6O/c27-25-20-9-10-32(26(20)30-15-29-25)22-12-18(13-23(22)33)4-1-16-5-6-19-7-8-24(31-21(19)11-16)28-14-17-2-3-17/h5-11,15,17-18,22-23,33H,1-4,12-14H2,(H,28,31)(H2,27,29,30)/t18?,22?,23-/m1/s1. The van der Waals surface area contributed by atoms with E-state index in [1.807, 2.05) is 12.3 Å². The maximum Gasteiger partial charge on any atom is 0.145 e. The summed E-state index contributed by atoms with van der Waals surface area (Å²) in [6.07, 6.45) is 9.57. The van der Waals surface area contributed by atoms with Gasteiger partial charge in [0.2, 0.25) is 0 Å². The van der Waals surface area contributed by atoms with Gasteiger partial charge in [0.25, 0.3) is 0 Å². The summed E-state index contributed by atoms with van der Waals surface area (Å²) in [6, 6.07) is 12.8. The SMILES string of the molecule is Nc1ncnc2c1ccn2C1CC(CCc2ccc3ccc(NCC4CC4)nc3c2)C[C@H]1O. The van der Waals surface area contributed by atoms with Crippen LogP contribution in [0.25, 0.3) is 21.9 Å². The molecule has 6 rings (SSSR count). The summed E-state index contributed by atoms with van der Waals surface area (Å²) in [5.74, 6) is 2.75. The van der Waals surface area contributed by atoms with Crippen molar-refractivity contribution in [3.8, 4) is 0 Å². The zero-order chi connectivity index (χ0) is 22.4. The van der Waals surface area contributed by atoms with Crippen LogP contribution in [0.5, 0.6) is 0 Å². The Morgan fingerprint density at radius 3 is 2.82 bits per heavy atom. The Kier molecular flexibility index (Phi) is 5.14. The number of benzene rings is 1. The average molecular weight is 443 g/mol. The Labute approximate surface area is 193 Å². The fraction of sp³-hybridized carbons (Fsp3) is 0.423. The number of nitrogens with one attached hydrogen (secondary N) is 1. The normalized spacial score (nSPS) is 22.9. The minimum Gasteiger partial charge on any atom is -0.391 e. The van der Waals surface area contributed by atoms with Crippen molar-refractivity contribution >= 4 is 33.6 Å². The Balaban J connectivity index is 1.13. The number of pyridine rings is 1. The Morgan fingerprint density at radius 2 is 1.94 bits per heavy atom. The lowest BCUT2D eigenvalue weighted by atomic mass is 9.97. The molecule has 0 spiro atoms. The molecule has 33 heavy (non-hydrogen) atoms. The lowest BCUT2D eigenvalue weighted by Crippen LogP contribution is -2.17. The van der Waals surface area contributed by atoms with E-state index in [0.717, 1.165) is 60.5 Å². The molecule has 3 heterocycles. The number of nitrogens with zero attached hydrogens (tertiary/aromatic N) is 4. The predicted molar refractivity (Wildman–Crippen MR) is 131 cm³/mol. The van der Waals surface area contributed by atoms with Crippen molar-refractivity contribution in [1.29, 1.82) is 0 Å². The van der Waals surface area contributed by atoms with Crippen molar-refractivity contribution in [2.24, 2.45) is 11.8 Å². The number of fused-ring (bicyclic) bond motifs is 2. The largest absolute Gasteiger partial charge is 0.391 e. The van der Waals surface area contributed by atoms with Gasteiger partial charge >= 0.3 is 0 Å². The number of nitrogen functional groups attached to an aromatic ring is 1. The number of aryl methyl sites for hydroxylation is 1. The van der Waals surface area contributed by atoms with Gasteiger partial charge in [-0.05, 0) is 80.2 Å². The minimum atomic E-state index is -0.375. The molecular formula is C26H30N6O. The number of anilines is 2. The van der Waals surface area contributed by atoms with E-state index in [1.165, 1.54) is 30.1 Å². The van der Waals surface area contributed by atoms with Crippen molar-refractivity contribution in [2.75, 3.05) is 17.6 Å². The van der Waals surface area contributed by atoms with Gasteiger partial charge in [0.05, 0.1) is 23.0 Å². The van der Waals surface area contributed by atoms with Crippen LogP contribution in [0.3, 0.4) is 0 Å². The number of aliphatic hydroxyl groups excluding tert-OH is 1. The molecule has 0 aliphatic heterocycles. The fourth-order valence-electron chi connectivity index (χ4n) is 5.24. The summed E-state index contributed by atoms with van der Waals surface area (Å²) in [5, 5.41) is 16.3. The van der Waals surface area contributed by atoms with Gasteiger partial charge in [0.1, 0.15) is 23.6 Å². The number of aromatic nitrogens is 4. The van der Waals surface area contributed by atoms with E-state index >= 15 is 0 Å². The van der Waals surface area contributed by atoms with Crippen LogP contribution in [-0.2, 0) is 6.42 Å². The molecule has 170 valence electrons. The molecule has 2 fully saturated rings. The van der Waals surface area contributed by atoms with Gasteiger partial charge in [-0.1, -0.05) is 12.1 Å². The maximum absolute atomic E-state index is 10.8. The van der Waals surface area contributed by atoms with E-state index in [9.17, 15) is 5.11 Å². The van der Waals surface area contributed by atoms with Gasteiger partial charge in [0.15, 0.2) is 0 Å². The summed E-state index contributed by atoms with van der Waals surface area (Å²) < 4.78 is 2.08. The van der Waals surface area contributed by atoms with Crippen molar-refractivity contribution in [3.05, 3.63) is 54.5 Å². The van der Waals surface area contributed by atoms with Crippen LogP contribution in [0.15, 0.2) is 48.9 Å². The first-order valence-corrected chi connectivity index (χ1v) is 12.0. The number of hydrogen-bond acceptors (Lipinski definition) is 6. The van der Waals surface area contributed by atoms with Crippen molar-refractivity contribution in [1.82, 2.24) is 19.5 Å². The summed E-state index contributed by atoms with van der Waals surface area (Å²) >= 11 is 0. The second kappa shape index (κ2) is 8.30. The zero-order valence-corrected chi connectivity index (χ0v) is 18.7. The molecule has 1 aromatic carbocycles. The molecule has 2 aliphatic carbocycles. The van der Waals surface area contributed by atoms with E-state index in [0.29, 0.717) is 11.7 Å². The molecule has 2 aliphatic rings. The molecule has 4 aromatic rings. The molecule has 3 aromatic heterocycles. The maximum atomic E-state index is 10.8. The highest BCUT2D eigenvalue weighted by molar-refractivity contribution is 5.86. The molecule has 0 radical (unpaired) electrons. The van der Waals surface area contributed by atoms with E-state index in [-0.39, 0.29) is 12.1 Å². The Morgan fingerprint density at radius 1 is 1.06 bits per heavy atom.